The van der Waals surface area contributed by atoms with E-state index in [0.717, 1.165) is 10.1 Å². The zero-order valence-electron chi connectivity index (χ0n) is 27.4. The number of aromatic nitrogens is 5. The SMILES string of the molecule is COc1cc2nc(CCn3c(=O)n4n(c3=O)[C@@H]3CC5=C(C(=O)C(I)=CC5=O)[C@@H](c5cc(C)c(O)c(C)c5)C3=CC4)c(=O)n(C)c2cc1OC. The Morgan fingerprint density at radius 1 is 0.980 bits per heavy atom. The molecule has 0 saturated carbocycles. The molecule has 2 aromatic heterocycles. The number of carbonyl (C=O) groups excluding carboxylic acids is 2. The first-order valence-electron chi connectivity index (χ1n) is 15.6. The molecule has 0 unspecified atom stereocenters. The van der Waals surface area contributed by atoms with Crippen molar-refractivity contribution in [1.82, 2.24) is 23.5 Å². The highest BCUT2D eigenvalue weighted by atomic mass is 127. The second-order valence-electron chi connectivity index (χ2n) is 12.5. The lowest BCUT2D eigenvalue weighted by Crippen LogP contribution is -2.40. The van der Waals surface area contributed by atoms with Crippen LogP contribution >= 0.6 is 22.6 Å². The third-order valence-electron chi connectivity index (χ3n) is 9.75. The van der Waals surface area contributed by atoms with Gasteiger partial charge in [0.2, 0.25) is 0 Å². The molecular formula is C35H32IN5O8. The van der Waals surface area contributed by atoms with E-state index in [1.807, 2.05) is 28.7 Å². The van der Waals surface area contributed by atoms with Gasteiger partial charge in [-0.3, -0.25) is 14.4 Å². The smallest absolute Gasteiger partial charge is 0.347 e. The van der Waals surface area contributed by atoms with Crippen molar-refractivity contribution in [2.45, 2.75) is 51.7 Å². The van der Waals surface area contributed by atoms with Crippen molar-refractivity contribution < 1.29 is 24.2 Å². The fourth-order valence-corrected chi connectivity index (χ4v) is 7.91. The molecule has 2 aromatic carbocycles. The number of carbonyl (C=O) groups is 2. The van der Waals surface area contributed by atoms with Crippen molar-refractivity contribution in [3.63, 3.8) is 0 Å². The number of aryl methyl sites for hydroxylation is 4. The number of nitrogens with zero attached hydrogens (tertiary/aromatic N) is 5. The largest absolute Gasteiger partial charge is 0.507 e. The molecule has 0 amide bonds. The van der Waals surface area contributed by atoms with Gasteiger partial charge in [0.05, 0.1) is 41.4 Å². The van der Waals surface area contributed by atoms with Crippen LogP contribution in [-0.2, 0) is 36.1 Å². The average molecular weight is 778 g/mol. The Morgan fingerprint density at radius 2 is 1.65 bits per heavy atom. The van der Waals surface area contributed by atoms with Crippen LogP contribution in [0.25, 0.3) is 11.0 Å². The summed E-state index contributed by atoms with van der Waals surface area (Å²) in [5, 5.41) is 10.5. The third-order valence-corrected chi connectivity index (χ3v) is 10.5. The topological polar surface area (TPSA) is 157 Å². The van der Waals surface area contributed by atoms with Gasteiger partial charge in [0, 0.05) is 61.7 Å². The summed E-state index contributed by atoms with van der Waals surface area (Å²) >= 11 is 1.88. The van der Waals surface area contributed by atoms with Gasteiger partial charge in [-0.25, -0.2) is 28.5 Å². The zero-order valence-corrected chi connectivity index (χ0v) is 29.5. The molecule has 3 aliphatic rings. The Balaban J connectivity index is 1.30. The number of benzene rings is 2. The lowest BCUT2D eigenvalue weighted by molar-refractivity contribution is -0.115. The summed E-state index contributed by atoms with van der Waals surface area (Å²) in [5.74, 6) is -0.206. The Hall–Kier alpha value is -4.99. The van der Waals surface area contributed by atoms with E-state index in [0.29, 0.717) is 53.9 Å². The number of hydrogen-bond donors (Lipinski definition) is 1. The molecule has 0 saturated heterocycles. The first kappa shape index (κ1) is 32.6. The van der Waals surface area contributed by atoms with Gasteiger partial charge in [-0.15, -0.1) is 0 Å². The van der Waals surface area contributed by atoms with Gasteiger partial charge < -0.3 is 19.1 Å². The van der Waals surface area contributed by atoms with Gasteiger partial charge in [0.25, 0.3) is 5.56 Å². The number of Topliss-reactive ketones (excluding diaryl/α,β-unsaturated/α-hetero) is 1. The molecule has 252 valence electrons. The molecule has 49 heavy (non-hydrogen) atoms. The summed E-state index contributed by atoms with van der Waals surface area (Å²) in [6.45, 7) is 3.48. The summed E-state index contributed by atoms with van der Waals surface area (Å²) in [4.78, 5) is 72.8. The van der Waals surface area contributed by atoms with Crippen LogP contribution in [-0.4, -0.2) is 54.4 Å². The van der Waals surface area contributed by atoms with Crippen molar-refractivity contribution in [1.29, 1.82) is 0 Å². The number of phenols is 1. The minimum absolute atomic E-state index is 0.00127. The highest BCUT2D eigenvalue weighted by Crippen LogP contribution is 2.50. The van der Waals surface area contributed by atoms with E-state index in [9.17, 15) is 29.1 Å². The Bertz CT molecular complexity index is 2420. The maximum atomic E-state index is 14.1. The van der Waals surface area contributed by atoms with Crippen LogP contribution in [0.4, 0.5) is 0 Å². The van der Waals surface area contributed by atoms with Crippen LogP contribution in [0.15, 0.2) is 71.1 Å². The average Bonchev–Trinajstić information content (AvgIpc) is 3.33. The molecule has 7 rings (SSSR count). The number of halogens is 1. The van der Waals surface area contributed by atoms with Crippen LogP contribution < -0.4 is 26.4 Å². The van der Waals surface area contributed by atoms with Crippen LogP contribution in [0.2, 0.25) is 0 Å². The van der Waals surface area contributed by atoms with Crippen molar-refractivity contribution in [2.75, 3.05) is 14.2 Å². The summed E-state index contributed by atoms with van der Waals surface area (Å²) in [6, 6.07) is 6.19. The number of hydrogen-bond acceptors (Lipinski definition) is 9. The second-order valence-corrected chi connectivity index (χ2v) is 13.6. The lowest BCUT2D eigenvalue weighted by atomic mass is 9.68. The van der Waals surface area contributed by atoms with E-state index in [-0.39, 0.29) is 54.5 Å². The predicted octanol–water partition coefficient (Wildman–Crippen LogP) is 3.08. The first-order chi connectivity index (χ1) is 23.4. The molecule has 13 nitrogen and oxygen atoms in total. The minimum atomic E-state index is -0.719. The molecule has 3 heterocycles. The summed E-state index contributed by atoms with van der Waals surface area (Å²) in [5.41, 5.74) is 2.97. The van der Waals surface area contributed by atoms with Crippen LogP contribution in [0.1, 0.15) is 40.8 Å². The Morgan fingerprint density at radius 3 is 2.33 bits per heavy atom. The van der Waals surface area contributed by atoms with Crippen molar-refractivity contribution >= 4 is 45.2 Å². The summed E-state index contributed by atoms with van der Waals surface area (Å²) in [7, 11) is 4.61. The fraction of sp³-hybridized carbons (Fsp3) is 0.314. The van der Waals surface area contributed by atoms with Gasteiger partial charge in [0.15, 0.2) is 23.1 Å². The fourth-order valence-electron chi connectivity index (χ4n) is 7.33. The van der Waals surface area contributed by atoms with Crippen LogP contribution in [0, 0.1) is 13.8 Å². The molecule has 0 bridgehead atoms. The summed E-state index contributed by atoms with van der Waals surface area (Å²) < 4.78 is 16.3. The zero-order chi connectivity index (χ0) is 35.0. The molecule has 0 radical (unpaired) electrons. The minimum Gasteiger partial charge on any atom is -0.507 e. The number of fused-ring (bicyclic) bond motifs is 4. The van der Waals surface area contributed by atoms with Crippen LogP contribution in [0.3, 0.4) is 0 Å². The standard InChI is InChI=1S/C35H32IN5O8/c1-16-10-18(11-17(2)31(16)43)29-19-6-9-40-34(46)39(35(47)41(40)24(19)12-20-26(42)13-21(36)32(44)30(20)29)8-7-22-33(45)38(3)25-15-28(49-5)27(48-4)14-23(25)37-22/h6,10-11,13-15,24,29,43H,7-9,12H2,1-5H3/t24-,29+/m1/s1. The maximum absolute atomic E-state index is 14.1. The van der Waals surface area contributed by atoms with Gasteiger partial charge >= 0.3 is 11.4 Å². The maximum Gasteiger partial charge on any atom is 0.347 e. The van der Waals surface area contributed by atoms with Crippen LogP contribution in [0.5, 0.6) is 17.2 Å². The first-order valence-corrected chi connectivity index (χ1v) is 16.7. The van der Waals surface area contributed by atoms with E-state index in [2.05, 4.69) is 4.98 Å². The van der Waals surface area contributed by atoms with Gasteiger partial charge in [-0.2, -0.15) is 0 Å². The number of ketones is 2. The molecule has 1 aliphatic heterocycles. The summed E-state index contributed by atoms with van der Waals surface area (Å²) in [6.07, 6.45) is 3.22. The lowest BCUT2D eigenvalue weighted by Gasteiger charge is -2.39. The van der Waals surface area contributed by atoms with Crippen molar-refractivity contribution in [3.05, 3.63) is 110 Å². The number of methoxy groups -OCH3 is 2. The van der Waals surface area contributed by atoms with Gasteiger partial charge in [-0.05, 0) is 58.7 Å². The van der Waals surface area contributed by atoms with E-state index in [1.165, 1.54) is 34.2 Å². The number of phenolic OH excluding ortho intramolecular Hbond substituents is 1. The molecule has 14 heteroatoms. The molecule has 0 fully saturated rings. The normalized spacial score (nSPS) is 18.6. The number of ether oxygens (including phenoxy) is 2. The van der Waals surface area contributed by atoms with Gasteiger partial charge in [0.1, 0.15) is 11.4 Å². The molecule has 2 aliphatic carbocycles. The van der Waals surface area contributed by atoms with E-state index in [4.69, 9.17) is 9.47 Å². The molecule has 0 spiro atoms. The highest BCUT2D eigenvalue weighted by Gasteiger charge is 2.45. The Kier molecular flexibility index (Phi) is 7.88. The van der Waals surface area contributed by atoms with Crippen molar-refractivity contribution in [3.8, 4) is 17.2 Å². The van der Waals surface area contributed by atoms with Crippen molar-refractivity contribution in [2.24, 2.45) is 7.05 Å². The molecular weight excluding hydrogens is 745 g/mol. The number of aromatic hydroxyl groups is 1. The molecule has 1 N–H and O–H groups in total. The highest BCUT2D eigenvalue weighted by molar-refractivity contribution is 14.1. The third kappa shape index (κ3) is 4.94. The molecule has 2 atom stereocenters. The van der Waals surface area contributed by atoms with Gasteiger partial charge in [-0.1, -0.05) is 18.2 Å². The number of allylic oxidation sites excluding steroid dienone is 6. The van der Waals surface area contributed by atoms with E-state index in [1.54, 1.807) is 45.2 Å². The Labute approximate surface area is 292 Å². The van der Waals surface area contributed by atoms with E-state index >= 15 is 0 Å². The second kappa shape index (κ2) is 11.9. The molecule has 4 aromatic rings. The monoisotopic (exact) mass is 777 g/mol. The quantitative estimate of drug-likeness (QED) is 0.177. The number of rotatable bonds is 6. The predicted molar refractivity (Wildman–Crippen MR) is 188 cm³/mol. The van der Waals surface area contributed by atoms with E-state index < -0.39 is 23.3 Å².